The summed E-state index contributed by atoms with van der Waals surface area (Å²) in [5.41, 5.74) is 0. The largest absolute Gasteiger partial charge is 0.472 e. The molecule has 0 radical (unpaired) electrons. The van der Waals surface area contributed by atoms with Gasteiger partial charge in [0.15, 0.2) is 0 Å². The lowest BCUT2D eigenvalue weighted by molar-refractivity contribution is -0.220. The molecule has 13 heteroatoms. The van der Waals surface area contributed by atoms with Gasteiger partial charge >= 0.3 is 13.8 Å². The van der Waals surface area contributed by atoms with E-state index in [2.05, 4.69) is 74.6 Å². The Kier molecular flexibility index (Phi) is 44.2. The molecule has 6 unspecified atom stereocenters. The topological polar surface area (TPSA) is 192 Å². The Balaban J connectivity index is 2.30. The van der Waals surface area contributed by atoms with Gasteiger partial charge in [0.25, 0.3) is 0 Å². The number of phosphoric ester groups is 1. The van der Waals surface area contributed by atoms with Gasteiger partial charge in [-0.05, 0) is 77.0 Å². The third-order valence-corrected chi connectivity index (χ3v) is 13.9. The van der Waals surface area contributed by atoms with Crippen LogP contribution in [0.2, 0.25) is 0 Å². The molecule has 0 amide bonds. The summed E-state index contributed by atoms with van der Waals surface area (Å²) >= 11 is 0. The summed E-state index contributed by atoms with van der Waals surface area (Å²) in [5, 5.41) is 50.4. The maximum absolute atomic E-state index is 12.9. The first-order chi connectivity index (χ1) is 34.0. The number of rotatable bonds is 48. The van der Waals surface area contributed by atoms with Gasteiger partial charge in [0.2, 0.25) is 0 Å². The monoisotopic (exact) mass is 1010 g/mol. The molecule has 1 aliphatic rings. The molecule has 0 aromatic carbocycles. The van der Waals surface area contributed by atoms with Gasteiger partial charge < -0.3 is 39.9 Å². The highest BCUT2D eigenvalue weighted by Crippen LogP contribution is 2.47. The summed E-state index contributed by atoms with van der Waals surface area (Å²) in [4.78, 5) is 23.3. The van der Waals surface area contributed by atoms with Gasteiger partial charge in [-0.15, -0.1) is 0 Å². The maximum Gasteiger partial charge on any atom is 0.472 e. The van der Waals surface area contributed by atoms with Crippen molar-refractivity contribution in [1.82, 2.24) is 0 Å². The number of carbonyl (C=O) groups is 1. The van der Waals surface area contributed by atoms with Crippen LogP contribution in [0.5, 0.6) is 0 Å². The lowest BCUT2D eigenvalue weighted by atomic mass is 9.85. The highest BCUT2D eigenvalue weighted by atomic mass is 31.2. The molecule has 1 saturated carbocycles. The van der Waals surface area contributed by atoms with Crippen LogP contribution < -0.4 is 0 Å². The Morgan fingerprint density at radius 1 is 0.471 bits per heavy atom. The van der Waals surface area contributed by atoms with Crippen LogP contribution in [0.4, 0.5) is 0 Å². The highest BCUT2D eigenvalue weighted by molar-refractivity contribution is 7.47. The molecule has 1 aliphatic carbocycles. The molecule has 0 saturated heterocycles. The molecule has 0 aromatic heterocycles. The van der Waals surface area contributed by atoms with Gasteiger partial charge in [-0.2, -0.15) is 0 Å². The normalized spacial score (nSPS) is 21.3. The molecule has 1 rings (SSSR count). The fourth-order valence-corrected chi connectivity index (χ4v) is 9.43. The van der Waals surface area contributed by atoms with Gasteiger partial charge in [0, 0.05) is 13.0 Å². The van der Waals surface area contributed by atoms with Gasteiger partial charge in [-0.1, -0.05) is 209 Å². The molecule has 6 N–H and O–H groups in total. The number of aliphatic hydroxyl groups excluding tert-OH is 5. The van der Waals surface area contributed by atoms with E-state index in [0.717, 1.165) is 83.5 Å². The zero-order valence-electron chi connectivity index (χ0n) is 44.1. The Morgan fingerprint density at radius 2 is 0.843 bits per heavy atom. The van der Waals surface area contributed by atoms with Crippen molar-refractivity contribution >= 4 is 13.8 Å². The number of esters is 1. The fraction of sp³-hybridized carbons (Fsp3) is 0.807. The van der Waals surface area contributed by atoms with E-state index in [4.69, 9.17) is 18.5 Å². The van der Waals surface area contributed by atoms with E-state index in [9.17, 15) is 39.8 Å². The number of aliphatic hydroxyl groups is 5. The van der Waals surface area contributed by atoms with E-state index in [1.165, 1.54) is 122 Å². The zero-order chi connectivity index (χ0) is 51.2. The van der Waals surface area contributed by atoms with E-state index in [1.54, 1.807) is 0 Å². The maximum atomic E-state index is 12.9. The Hall–Kier alpha value is -1.96. The minimum absolute atomic E-state index is 0.0840. The third-order valence-electron chi connectivity index (χ3n) is 12.9. The molecule has 0 heterocycles. The lowest BCUT2D eigenvalue weighted by Gasteiger charge is -2.41. The minimum atomic E-state index is -5.03. The summed E-state index contributed by atoms with van der Waals surface area (Å²) in [6.45, 7) is 4.16. The van der Waals surface area contributed by atoms with Crippen LogP contribution in [0.1, 0.15) is 232 Å². The summed E-state index contributed by atoms with van der Waals surface area (Å²) in [6.07, 6.45) is 48.6. The SMILES string of the molecule is CC/C=C\C/C=C\C/C=C\C/C=C\CCCCCCCCC(=O)OC(COCCCCCCCCCCCCCC/C=C\CCCCCCCCCC)COP(=O)(O)OC1C(O)C(O)C(O)C(O)C1O. The second kappa shape index (κ2) is 46.8. The van der Waals surface area contributed by atoms with Crippen LogP contribution in [0.25, 0.3) is 0 Å². The molecule has 0 bridgehead atoms. The average Bonchev–Trinajstić information content (AvgIpc) is 3.35. The minimum Gasteiger partial charge on any atom is -0.457 e. The standard InChI is InChI=1S/C57H103O12P/c1-3-5-7-9-11-13-15-17-19-21-23-24-25-26-27-29-31-33-35-37-39-41-43-45-47-66-48-50(49-67-70(64,65)69-57-55(62)53(60)52(59)54(61)56(57)63)68-51(58)46-44-42-40-38-36-34-32-30-28-22-20-18-16-14-12-10-8-6-4-2/h6,8,12,14,18,20-21,23,28,30,50,52-57,59-63H,3-5,7,9-11,13,15-17,19,22,24-27,29,31-49H2,1-2H3,(H,64,65)/b8-6-,14-12-,20-18-,23-21-,30-28-. The molecule has 0 spiro atoms. The second-order valence-corrected chi connectivity index (χ2v) is 20.8. The van der Waals surface area contributed by atoms with Crippen molar-refractivity contribution in [3.8, 4) is 0 Å². The Morgan fingerprint density at radius 3 is 1.30 bits per heavy atom. The van der Waals surface area contributed by atoms with E-state index < -0.39 is 63.1 Å². The van der Waals surface area contributed by atoms with Crippen LogP contribution in [-0.2, 0) is 27.9 Å². The Labute approximate surface area is 426 Å². The van der Waals surface area contributed by atoms with E-state index >= 15 is 0 Å². The van der Waals surface area contributed by atoms with Crippen LogP contribution >= 0.6 is 7.82 Å². The van der Waals surface area contributed by atoms with Gasteiger partial charge in [0.1, 0.15) is 42.7 Å². The number of hydrogen-bond donors (Lipinski definition) is 6. The predicted octanol–water partition coefficient (Wildman–Crippen LogP) is 13.3. The molecule has 1 fully saturated rings. The van der Waals surface area contributed by atoms with Crippen molar-refractivity contribution < 1.29 is 58.3 Å². The van der Waals surface area contributed by atoms with Crippen molar-refractivity contribution in [1.29, 1.82) is 0 Å². The quantitative estimate of drug-likeness (QED) is 0.0146. The van der Waals surface area contributed by atoms with Crippen molar-refractivity contribution in [3.05, 3.63) is 60.8 Å². The first-order valence-electron chi connectivity index (χ1n) is 28.1. The number of hydrogen-bond acceptors (Lipinski definition) is 11. The molecule has 0 aliphatic heterocycles. The number of unbranched alkanes of at least 4 members (excludes halogenated alkanes) is 26. The zero-order valence-corrected chi connectivity index (χ0v) is 45.0. The van der Waals surface area contributed by atoms with E-state index in [-0.39, 0.29) is 13.0 Å². The number of allylic oxidation sites excluding steroid dienone is 10. The number of carbonyl (C=O) groups excluding carboxylic acids is 1. The molecular weight excluding hydrogens is 908 g/mol. The molecule has 6 atom stereocenters. The smallest absolute Gasteiger partial charge is 0.457 e. The van der Waals surface area contributed by atoms with E-state index in [1.807, 2.05) is 0 Å². The highest BCUT2D eigenvalue weighted by Gasteiger charge is 2.51. The second-order valence-electron chi connectivity index (χ2n) is 19.4. The predicted molar refractivity (Wildman–Crippen MR) is 285 cm³/mol. The van der Waals surface area contributed by atoms with Crippen molar-refractivity contribution in [2.45, 2.75) is 275 Å². The molecule has 408 valence electrons. The lowest BCUT2D eigenvalue weighted by Crippen LogP contribution is -2.64. The summed E-state index contributed by atoms with van der Waals surface area (Å²) in [7, 11) is -5.03. The first-order valence-corrected chi connectivity index (χ1v) is 29.6. The summed E-state index contributed by atoms with van der Waals surface area (Å²) in [5.74, 6) is -0.490. The average molecular weight is 1010 g/mol. The fourth-order valence-electron chi connectivity index (χ4n) is 8.46. The first kappa shape index (κ1) is 66.1. The van der Waals surface area contributed by atoms with Crippen LogP contribution in [0.15, 0.2) is 60.8 Å². The van der Waals surface area contributed by atoms with Gasteiger partial charge in [-0.3, -0.25) is 13.8 Å². The number of phosphoric acid groups is 1. The van der Waals surface area contributed by atoms with Crippen LogP contribution in [0, 0.1) is 0 Å². The van der Waals surface area contributed by atoms with Crippen molar-refractivity contribution in [2.75, 3.05) is 19.8 Å². The molecule has 0 aromatic rings. The number of ether oxygens (including phenoxy) is 2. The van der Waals surface area contributed by atoms with Crippen LogP contribution in [-0.4, -0.2) is 98.9 Å². The summed E-state index contributed by atoms with van der Waals surface area (Å²) < 4.78 is 34.4. The van der Waals surface area contributed by atoms with Crippen LogP contribution in [0.3, 0.4) is 0 Å². The third kappa shape index (κ3) is 37.7. The molecule has 12 nitrogen and oxygen atoms in total. The van der Waals surface area contributed by atoms with Gasteiger partial charge in [-0.25, -0.2) is 4.57 Å². The van der Waals surface area contributed by atoms with E-state index in [0.29, 0.717) is 13.0 Å². The van der Waals surface area contributed by atoms with Gasteiger partial charge in [0.05, 0.1) is 13.2 Å². The molecule has 70 heavy (non-hydrogen) atoms. The molecular formula is C57H103O12P. The Bertz CT molecular complexity index is 1380. The van der Waals surface area contributed by atoms with Crippen molar-refractivity contribution in [2.24, 2.45) is 0 Å². The van der Waals surface area contributed by atoms with Crippen molar-refractivity contribution in [3.63, 3.8) is 0 Å². The summed E-state index contributed by atoms with van der Waals surface area (Å²) in [6, 6.07) is 0.